The van der Waals surface area contributed by atoms with Gasteiger partial charge in [0.2, 0.25) is 0 Å². The third-order valence-corrected chi connectivity index (χ3v) is 12.5. The van der Waals surface area contributed by atoms with Crippen molar-refractivity contribution in [1.29, 1.82) is 0 Å². The van der Waals surface area contributed by atoms with Crippen LogP contribution < -0.4 is 14.5 Å². The van der Waals surface area contributed by atoms with E-state index in [1.54, 1.807) is 6.07 Å². The van der Waals surface area contributed by atoms with Crippen LogP contribution in [0.5, 0.6) is 5.75 Å². The number of ether oxygens (including phenoxy) is 1. The Morgan fingerprint density at radius 1 is 0.651 bits per heavy atom. The Balaban J connectivity index is 0.912. The van der Waals surface area contributed by atoms with E-state index >= 15 is 0 Å². The molecule has 312 valence electrons. The van der Waals surface area contributed by atoms with Crippen LogP contribution in [-0.4, -0.2) is 22.8 Å². The number of benzene rings is 7. The Morgan fingerprint density at radius 3 is 2.19 bits per heavy atom. The highest BCUT2D eigenvalue weighted by Crippen LogP contribution is 2.47. The molecule has 5 heteroatoms. The fourth-order valence-electron chi connectivity index (χ4n) is 9.28. The van der Waals surface area contributed by atoms with Gasteiger partial charge < -0.3 is 14.5 Å². The summed E-state index contributed by atoms with van der Waals surface area (Å²) in [5.41, 5.74) is 13.7. The van der Waals surface area contributed by atoms with E-state index in [2.05, 4.69) is 181 Å². The fraction of sp³-hybridized carbons (Fsp3) is 0.190. The molecule has 1 aliphatic heterocycles. The van der Waals surface area contributed by atoms with Gasteiger partial charge in [0.15, 0.2) is 0 Å². The first-order valence-electron chi connectivity index (χ1n) is 23.6. The molecule has 0 atom stereocenters. The number of pyridine rings is 1. The zero-order valence-electron chi connectivity index (χ0n) is 39.3. The van der Waals surface area contributed by atoms with Crippen LogP contribution >= 0.6 is 0 Å². The molecule has 7 aromatic carbocycles. The van der Waals surface area contributed by atoms with Crippen molar-refractivity contribution in [1.82, 2.24) is 9.55 Å². The summed E-state index contributed by atoms with van der Waals surface area (Å²) in [7, 11) is 0. The Kier molecular flexibility index (Phi) is 9.85. The quantitative estimate of drug-likeness (QED) is 0.115. The van der Waals surface area contributed by atoms with Crippen LogP contribution in [0.15, 0.2) is 182 Å². The topological polar surface area (TPSA) is 33.5 Å². The molecule has 0 fully saturated rings. The lowest BCUT2D eigenvalue weighted by molar-refractivity contribution is 0.306. The molecule has 0 bridgehead atoms. The maximum atomic E-state index is 8.38. The zero-order valence-corrected chi connectivity index (χ0v) is 36.3. The molecule has 0 saturated carbocycles. The van der Waals surface area contributed by atoms with Crippen LogP contribution in [-0.2, 0) is 18.4 Å². The van der Waals surface area contributed by atoms with Gasteiger partial charge in [-0.3, -0.25) is 4.57 Å². The number of nitrogens with zero attached hydrogens (tertiary/aromatic N) is 4. The number of fused-ring (bicyclic) bond motifs is 4. The molecule has 0 N–H and O–H groups in total. The molecule has 10 rings (SSSR count). The smallest absolute Gasteiger partial charge is 0.137 e. The number of hydrogen-bond acceptors (Lipinski definition) is 4. The summed E-state index contributed by atoms with van der Waals surface area (Å²) in [6, 6.07) is 61.0. The van der Waals surface area contributed by atoms with Crippen LogP contribution in [0, 0.1) is 6.85 Å². The summed E-state index contributed by atoms with van der Waals surface area (Å²) >= 11 is 0. The molecular formula is C58H54N4O. The van der Waals surface area contributed by atoms with E-state index in [1.165, 1.54) is 27.8 Å². The van der Waals surface area contributed by atoms with Crippen molar-refractivity contribution < 1.29 is 8.85 Å². The molecule has 9 aromatic rings. The van der Waals surface area contributed by atoms with E-state index in [4.69, 9.17) is 13.8 Å². The van der Waals surface area contributed by atoms with Crippen LogP contribution in [0.4, 0.5) is 17.1 Å². The molecule has 5 nitrogen and oxygen atoms in total. The van der Waals surface area contributed by atoms with Gasteiger partial charge in [-0.1, -0.05) is 142 Å². The van der Waals surface area contributed by atoms with E-state index in [1.807, 2.05) is 30.5 Å². The largest absolute Gasteiger partial charge is 0.489 e. The summed E-state index contributed by atoms with van der Waals surface area (Å²) in [5.74, 6) is 1.69. The molecule has 63 heavy (non-hydrogen) atoms. The van der Waals surface area contributed by atoms with Crippen LogP contribution in [0.1, 0.15) is 60.0 Å². The number of hydrogen-bond donors (Lipinski definition) is 0. The molecule has 0 unspecified atom stereocenters. The average Bonchev–Trinajstić information content (AvgIpc) is 3.88. The monoisotopic (exact) mass is 825 g/mol. The second-order valence-electron chi connectivity index (χ2n) is 17.7. The lowest BCUT2D eigenvalue weighted by Crippen LogP contribution is -2.29. The Hall–Kier alpha value is -7.11. The van der Waals surface area contributed by atoms with Gasteiger partial charge in [-0.25, -0.2) is 4.98 Å². The number of aromatic nitrogens is 2. The minimum absolute atomic E-state index is 0.00978. The van der Waals surface area contributed by atoms with Gasteiger partial charge in [-0.05, 0) is 119 Å². The number of anilines is 3. The van der Waals surface area contributed by atoms with E-state index in [0.29, 0.717) is 25.3 Å². The average molecular weight is 826 g/mol. The minimum Gasteiger partial charge on any atom is -0.489 e. The molecule has 0 aliphatic carbocycles. The summed E-state index contributed by atoms with van der Waals surface area (Å²) < 4.78 is 34.0. The number of unbranched alkanes of at least 4 members (excludes halogenated alkanes) is 1. The standard InChI is InChI=1S/C58H54N4O/c1-41-18-15-27-49(43-20-7-5-8-21-43)48(41)25-13-14-35-60-40-61(54-30-17-28-50(57(54)60)44-22-9-6-10-23-44)46-24-16-19-42(36-46)39-63-47-31-32-52-51-26-11-12-29-53(51)62(55(52)38-47)56-37-45(33-34-59-56)58(2,3)4/h5-12,15-24,26-34,36-38H,13-14,25,35,39-40H2,1-4H3/i1D3. The molecular weight excluding hydrogens is 769 g/mol. The van der Waals surface area contributed by atoms with Gasteiger partial charge >= 0.3 is 0 Å². The minimum atomic E-state index is -2.19. The van der Waals surface area contributed by atoms with Crippen molar-refractivity contribution in [2.24, 2.45) is 0 Å². The van der Waals surface area contributed by atoms with E-state index in [0.717, 1.165) is 81.0 Å². The SMILES string of the molecule is [2H]C([2H])([2H])c1cccc(-c2ccccc2)c1CCCCN1CN(c2cccc(COc3ccc4c5ccccc5n(-c5cc(C(C)(C)C)ccn5)c4c3)c2)c2cccc(-c3ccccc3)c21. The molecule has 2 aromatic heterocycles. The lowest BCUT2D eigenvalue weighted by Gasteiger charge is -2.23. The predicted octanol–water partition coefficient (Wildman–Crippen LogP) is 14.6. The Morgan fingerprint density at radius 2 is 1.38 bits per heavy atom. The highest BCUT2D eigenvalue weighted by Gasteiger charge is 2.30. The first-order valence-corrected chi connectivity index (χ1v) is 22.1. The number of rotatable bonds is 12. The molecule has 0 spiro atoms. The highest BCUT2D eigenvalue weighted by molar-refractivity contribution is 6.09. The first-order chi connectivity index (χ1) is 32.0. The van der Waals surface area contributed by atoms with Gasteiger partial charge in [-0.15, -0.1) is 0 Å². The molecule has 0 radical (unpaired) electrons. The van der Waals surface area contributed by atoms with Crippen molar-refractivity contribution in [3.63, 3.8) is 0 Å². The van der Waals surface area contributed by atoms with Gasteiger partial charge in [0.05, 0.1) is 29.1 Å². The van der Waals surface area contributed by atoms with E-state index < -0.39 is 6.85 Å². The summed E-state index contributed by atoms with van der Waals surface area (Å²) in [6.07, 6.45) is 4.35. The Labute approximate surface area is 376 Å². The second kappa shape index (κ2) is 17.0. The van der Waals surface area contributed by atoms with Gasteiger partial charge in [0.1, 0.15) is 18.2 Å². The third-order valence-electron chi connectivity index (χ3n) is 12.5. The first kappa shape index (κ1) is 36.5. The van der Waals surface area contributed by atoms with Crippen molar-refractivity contribution in [3.05, 3.63) is 204 Å². The lowest BCUT2D eigenvalue weighted by atomic mass is 9.88. The number of para-hydroxylation sites is 2. The van der Waals surface area contributed by atoms with Crippen molar-refractivity contribution in [2.75, 3.05) is 23.0 Å². The predicted molar refractivity (Wildman–Crippen MR) is 264 cm³/mol. The van der Waals surface area contributed by atoms with Gasteiger partial charge in [-0.2, -0.15) is 0 Å². The van der Waals surface area contributed by atoms with Crippen molar-refractivity contribution in [2.45, 2.75) is 58.9 Å². The Bertz CT molecular complexity index is 3170. The maximum absolute atomic E-state index is 8.38. The molecule has 3 heterocycles. The third kappa shape index (κ3) is 7.96. The normalized spacial score (nSPS) is 13.5. The molecule has 0 amide bonds. The number of aryl methyl sites for hydroxylation is 1. The summed E-state index contributed by atoms with van der Waals surface area (Å²) in [4.78, 5) is 9.77. The van der Waals surface area contributed by atoms with Crippen LogP contribution in [0.25, 0.3) is 49.9 Å². The van der Waals surface area contributed by atoms with Crippen molar-refractivity contribution in [3.8, 4) is 33.8 Å². The van der Waals surface area contributed by atoms with E-state index in [-0.39, 0.29) is 5.41 Å². The maximum Gasteiger partial charge on any atom is 0.137 e. The summed E-state index contributed by atoms with van der Waals surface area (Å²) in [6.45, 7) is 6.43. The highest BCUT2D eigenvalue weighted by atomic mass is 16.5. The zero-order chi connectivity index (χ0) is 45.4. The second-order valence-corrected chi connectivity index (χ2v) is 17.7. The fourth-order valence-corrected chi connectivity index (χ4v) is 9.28. The molecule has 0 saturated heterocycles. The van der Waals surface area contributed by atoms with Crippen LogP contribution in [0.2, 0.25) is 0 Å². The molecule has 1 aliphatic rings. The van der Waals surface area contributed by atoms with E-state index in [9.17, 15) is 0 Å². The van der Waals surface area contributed by atoms with Gasteiger partial charge in [0, 0.05) is 44.9 Å². The van der Waals surface area contributed by atoms with Gasteiger partial charge in [0.25, 0.3) is 0 Å². The van der Waals surface area contributed by atoms with Crippen molar-refractivity contribution >= 4 is 38.9 Å². The van der Waals surface area contributed by atoms with Crippen LogP contribution in [0.3, 0.4) is 0 Å². The summed E-state index contributed by atoms with van der Waals surface area (Å²) in [5, 5.41) is 2.34.